The summed E-state index contributed by atoms with van der Waals surface area (Å²) in [6.07, 6.45) is 1.57. The molecule has 0 atom stereocenters. The first kappa shape index (κ1) is 13.6. The molecule has 0 fully saturated rings. The molecule has 0 unspecified atom stereocenters. The summed E-state index contributed by atoms with van der Waals surface area (Å²) in [5.41, 5.74) is 3.27. The van der Waals surface area contributed by atoms with Crippen LogP contribution in [0.3, 0.4) is 0 Å². The first-order valence-electron chi connectivity index (χ1n) is 6.80. The lowest BCUT2D eigenvalue weighted by Gasteiger charge is -2.22. The summed E-state index contributed by atoms with van der Waals surface area (Å²) in [7, 11) is 0. The van der Waals surface area contributed by atoms with Crippen LogP contribution in [0.4, 0.5) is 4.39 Å². The van der Waals surface area contributed by atoms with Crippen molar-refractivity contribution in [2.24, 2.45) is 0 Å². The summed E-state index contributed by atoms with van der Waals surface area (Å²) < 4.78 is 19.4. The van der Waals surface area contributed by atoms with Gasteiger partial charge in [0, 0.05) is 11.1 Å². The molecule has 2 nitrogen and oxygen atoms in total. The maximum absolute atomic E-state index is 13.7. The number of Topliss-reactive ketones (excluding diaryl/α,β-unsaturated/α-hetero) is 1. The van der Waals surface area contributed by atoms with E-state index in [1.54, 1.807) is 24.3 Å². The fourth-order valence-electron chi connectivity index (χ4n) is 2.52. The highest BCUT2D eigenvalue weighted by Gasteiger charge is 2.26. The van der Waals surface area contributed by atoms with E-state index in [9.17, 15) is 9.18 Å². The lowest BCUT2D eigenvalue weighted by Crippen LogP contribution is -2.21. The average Bonchev–Trinajstić information content (AvgIpc) is 2.47. The van der Waals surface area contributed by atoms with Gasteiger partial charge in [0.25, 0.3) is 0 Å². The molecule has 1 heterocycles. The second-order valence-corrected chi connectivity index (χ2v) is 5.21. The second-order valence-electron chi connectivity index (χ2n) is 5.21. The average molecular weight is 282 g/mol. The van der Waals surface area contributed by atoms with Gasteiger partial charge in [0.05, 0.1) is 5.56 Å². The summed E-state index contributed by atoms with van der Waals surface area (Å²) >= 11 is 0. The van der Waals surface area contributed by atoms with E-state index in [-0.39, 0.29) is 18.2 Å². The number of ether oxygens (including phenoxy) is 1. The zero-order valence-electron chi connectivity index (χ0n) is 11.9. The minimum absolute atomic E-state index is 0.0827. The van der Waals surface area contributed by atoms with E-state index in [0.717, 1.165) is 11.1 Å². The number of hydrogen-bond donors (Lipinski definition) is 0. The molecule has 0 bridgehead atoms. The van der Waals surface area contributed by atoms with Crippen LogP contribution < -0.4 is 4.74 Å². The number of benzene rings is 2. The third kappa shape index (κ3) is 2.35. The van der Waals surface area contributed by atoms with Gasteiger partial charge in [0.15, 0.2) is 5.78 Å². The molecular formula is C18H15FO2. The molecule has 3 heteroatoms. The van der Waals surface area contributed by atoms with Crippen molar-refractivity contribution in [1.82, 2.24) is 0 Å². The molecule has 106 valence electrons. The van der Waals surface area contributed by atoms with Gasteiger partial charge in [-0.1, -0.05) is 30.3 Å². The van der Waals surface area contributed by atoms with E-state index in [2.05, 4.69) is 0 Å². The molecular weight excluding hydrogens is 267 g/mol. The molecule has 0 saturated heterocycles. The fraction of sp³-hybridized carbons (Fsp3) is 0.167. The Morgan fingerprint density at radius 1 is 1.10 bits per heavy atom. The Balaban J connectivity index is 2.08. The summed E-state index contributed by atoms with van der Waals surface area (Å²) in [4.78, 5) is 12.6. The van der Waals surface area contributed by atoms with Crippen LogP contribution in [-0.2, 0) is 0 Å². The monoisotopic (exact) mass is 282 g/mol. The zero-order valence-corrected chi connectivity index (χ0v) is 11.9. The zero-order chi connectivity index (χ0) is 15.0. The minimum Gasteiger partial charge on any atom is -0.488 e. The van der Waals surface area contributed by atoms with E-state index >= 15 is 0 Å². The van der Waals surface area contributed by atoms with Crippen LogP contribution in [0.1, 0.15) is 27.0 Å². The SMILES string of the molecule is Cc1ccc(C)c2c1OC/C(=C\c1ccccc1F)C2=O. The number of carbonyl (C=O) groups excluding carboxylic acids is 1. The molecule has 0 amide bonds. The minimum atomic E-state index is -0.343. The standard InChI is InChI=1S/C18H15FO2/c1-11-7-8-12(2)18-16(11)17(20)14(10-21-18)9-13-5-3-4-6-15(13)19/h3-9H,10H2,1-2H3/b14-9+. The Morgan fingerprint density at radius 3 is 2.57 bits per heavy atom. The molecule has 3 rings (SSSR count). The molecule has 21 heavy (non-hydrogen) atoms. The summed E-state index contributed by atoms with van der Waals surface area (Å²) in [5, 5.41) is 0. The quantitative estimate of drug-likeness (QED) is 0.736. The molecule has 0 spiro atoms. The van der Waals surface area contributed by atoms with Crippen LogP contribution in [0.5, 0.6) is 5.75 Å². The number of carbonyl (C=O) groups is 1. The Hall–Kier alpha value is -2.42. The van der Waals surface area contributed by atoms with Crippen LogP contribution in [0, 0.1) is 19.7 Å². The smallest absolute Gasteiger partial charge is 0.196 e. The molecule has 2 aromatic rings. The summed E-state index contributed by atoms with van der Waals surface area (Å²) in [6, 6.07) is 10.2. The van der Waals surface area contributed by atoms with Crippen molar-refractivity contribution in [3.8, 4) is 5.75 Å². The molecule has 0 aromatic heterocycles. The first-order valence-corrected chi connectivity index (χ1v) is 6.80. The number of halogens is 1. The lowest BCUT2D eigenvalue weighted by atomic mass is 9.93. The van der Waals surface area contributed by atoms with Crippen molar-refractivity contribution < 1.29 is 13.9 Å². The Kier molecular flexibility index (Phi) is 3.34. The van der Waals surface area contributed by atoms with Gasteiger partial charge in [-0.25, -0.2) is 4.39 Å². The van der Waals surface area contributed by atoms with Crippen molar-refractivity contribution in [3.05, 3.63) is 70.0 Å². The second kappa shape index (κ2) is 5.17. The Labute approximate surface area is 122 Å². The van der Waals surface area contributed by atoms with E-state index in [0.29, 0.717) is 22.4 Å². The summed E-state index contributed by atoms with van der Waals surface area (Å²) in [5.74, 6) is 0.218. The van der Waals surface area contributed by atoms with Crippen LogP contribution in [0.15, 0.2) is 42.0 Å². The normalized spacial score (nSPS) is 15.8. The maximum Gasteiger partial charge on any atom is 0.196 e. The van der Waals surface area contributed by atoms with Crippen molar-refractivity contribution in [2.45, 2.75) is 13.8 Å². The number of fused-ring (bicyclic) bond motifs is 1. The third-order valence-electron chi connectivity index (χ3n) is 3.69. The van der Waals surface area contributed by atoms with Gasteiger partial charge in [-0.3, -0.25) is 4.79 Å². The van der Waals surface area contributed by atoms with Gasteiger partial charge in [0.2, 0.25) is 0 Å². The Morgan fingerprint density at radius 2 is 1.81 bits per heavy atom. The Bertz CT molecular complexity index is 760. The molecule has 0 aliphatic carbocycles. The highest BCUT2D eigenvalue weighted by atomic mass is 19.1. The van der Waals surface area contributed by atoms with Gasteiger partial charge in [-0.15, -0.1) is 0 Å². The van der Waals surface area contributed by atoms with Crippen molar-refractivity contribution in [2.75, 3.05) is 6.61 Å². The van der Waals surface area contributed by atoms with Crippen LogP contribution in [-0.4, -0.2) is 12.4 Å². The predicted molar refractivity (Wildman–Crippen MR) is 80.1 cm³/mol. The number of rotatable bonds is 1. The molecule has 2 aromatic carbocycles. The maximum atomic E-state index is 13.7. The third-order valence-corrected chi connectivity index (χ3v) is 3.69. The lowest BCUT2D eigenvalue weighted by molar-refractivity contribution is 0.0999. The number of ketones is 1. The fourth-order valence-corrected chi connectivity index (χ4v) is 2.52. The van der Waals surface area contributed by atoms with Crippen molar-refractivity contribution >= 4 is 11.9 Å². The van der Waals surface area contributed by atoms with E-state index in [1.165, 1.54) is 6.07 Å². The van der Waals surface area contributed by atoms with Crippen LogP contribution in [0.2, 0.25) is 0 Å². The van der Waals surface area contributed by atoms with Gasteiger partial charge >= 0.3 is 0 Å². The van der Waals surface area contributed by atoms with Crippen molar-refractivity contribution in [1.29, 1.82) is 0 Å². The summed E-state index contributed by atoms with van der Waals surface area (Å²) in [6.45, 7) is 3.97. The van der Waals surface area contributed by atoms with E-state index < -0.39 is 0 Å². The van der Waals surface area contributed by atoms with Crippen LogP contribution in [0.25, 0.3) is 6.08 Å². The molecule has 0 radical (unpaired) electrons. The molecule has 1 aliphatic rings. The van der Waals surface area contributed by atoms with Gasteiger partial charge in [-0.2, -0.15) is 0 Å². The van der Waals surface area contributed by atoms with Gasteiger partial charge < -0.3 is 4.74 Å². The number of hydrogen-bond acceptors (Lipinski definition) is 2. The highest BCUT2D eigenvalue weighted by Crippen LogP contribution is 2.33. The van der Waals surface area contributed by atoms with Gasteiger partial charge in [0.1, 0.15) is 18.2 Å². The molecule has 0 N–H and O–H groups in total. The number of aryl methyl sites for hydroxylation is 2. The van der Waals surface area contributed by atoms with Gasteiger partial charge in [-0.05, 0) is 37.1 Å². The predicted octanol–water partition coefficient (Wildman–Crippen LogP) is 4.10. The highest BCUT2D eigenvalue weighted by molar-refractivity contribution is 6.15. The molecule has 1 aliphatic heterocycles. The molecule has 0 saturated carbocycles. The largest absolute Gasteiger partial charge is 0.488 e. The van der Waals surface area contributed by atoms with Crippen LogP contribution >= 0.6 is 0 Å². The topological polar surface area (TPSA) is 26.3 Å². The van der Waals surface area contributed by atoms with E-state index in [4.69, 9.17) is 4.74 Å². The first-order chi connectivity index (χ1) is 10.1. The van der Waals surface area contributed by atoms with Crippen molar-refractivity contribution in [3.63, 3.8) is 0 Å². The van der Waals surface area contributed by atoms with E-state index in [1.807, 2.05) is 26.0 Å².